The first kappa shape index (κ1) is 19.9. The van der Waals surface area contributed by atoms with E-state index in [0.29, 0.717) is 12.4 Å². The standard InChI is InChI=1S/C22H21BrN2O3/c1-16(25-22(26)15-28-20-10-8-18(23)9-11-20)17-5-4-7-21(13-17)27-14-19-6-2-3-12-24-19/h2-13,16H,14-15H2,1H3,(H,25,26). The Morgan fingerprint density at radius 2 is 1.86 bits per heavy atom. The van der Waals surface area contributed by atoms with Gasteiger partial charge in [-0.1, -0.05) is 34.1 Å². The van der Waals surface area contributed by atoms with E-state index in [9.17, 15) is 4.79 Å². The Labute approximate surface area is 172 Å². The Morgan fingerprint density at radius 3 is 2.61 bits per heavy atom. The van der Waals surface area contributed by atoms with Crippen molar-refractivity contribution in [2.75, 3.05) is 6.61 Å². The van der Waals surface area contributed by atoms with Gasteiger partial charge in [0.15, 0.2) is 6.61 Å². The van der Waals surface area contributed by atoms with E-state index < -0.39 is 0 Å². The third-order valence-electron chi connectivity index (χ3n) is 4.03. The van der Waals surface area contributed by atoms with Crippen molar-refractivity contribution in [1.82, 2.24) is 10.3 Å². The van der Waals surface area contributed by atoms with Crippen molar-refractivity contribution in [3.63, 3.8) is 0 Å². The van der Waals surface area contributed by atoms with Gasteiger partial charge < -0.3 is 14.8 Å². The molecule has 0 saturated carbocycles. The molecule has 0 fully saturated rings. The highest BCUT2D eigenvalue weighted by atomic mass is 79.9. The van der Waals surface area contributed by atoms with Crippen LogP contribution < -0.4 is 14.8 Å². The second-order valence-corrected chi connectivity index (χ2v) is 7.13. The number of rotatable bonds is 8. The smallest absolute Gasteiger partial charge is 0.258 e. The Balaban J connectivity index is 1.51. The van der Waals surface area contributed by atoms with Crippen LogP contribution in [0.15, 0.2) is 77.4 Å². The van der Waals surface area contributed by atoms with E-state index in [2.05, 4.69) is 26.2 Å². The molecule has 3 aromatic rings. The highest BCUT2D eigenvalue weighted by Gasteiger charge is 2.11. The number of aromatic nitrogens is 1. The number of carbonyl (C=O) groups is 1. The maximum atomic E-state index is 12.2. The molecule has 144 valence electrons. The van der Waals surface area contributed by atoms with E-state index in [4.69, 9.17) is 9.47 Å². The number of amides is 1. The van der Waals surface area contributed by atoms with Crippen molar-refractivity contribution < 1.29 is 14.3 Å². The highest BCUT2D eigenvalue weighted by Crippen LogP contribution is 2.20. The topological polar surface area (TPSA) is 60.5 Å². The number of nitrogens with one attached hydrogen (secondary N) is 1. The number of pyridine rings is 1. The van der Waals surface area contributed by atoms with Crippen LogP contribution in [0.1, 0.15) is 24.2 Å². The zero-order chi connectivity index (χ0) is 19.8. The molecular weight excluding hydrogens is 420 g/mol. The molecule has 0 aliphatic heterocycles. The SMILES string of the molecule is CC(NC(=O)COc1ccc(Br)cc1)c1cccc(OCc2ccccn2)c1. The van der Waals surface area contributed by atoms with Gasteiger partial charge in [-0.2, -0.15) is 0 Å². The largest absolute Gasteiger partial charge is 0.487 e. The summed E-state index contributed by atoms with van der Waals surface area (Å²) in [4.78, 5) is 16.4. The maximum absolute atomic E-state index is 12.2. The number of hydrogen-bond donors (Lipinski definition) is 1. The number of benzene rings is 2. The fourth-order valence-electron chi connectivity index (χ4n) is 2.56. The van der Waals surface area contributed by atoms with Crippen molar-refractivity contribution in [1.29, 1.82) is 0 Å². The van der Waals surface area contributed by atoms with E-state index >= 15 is 0 Å². The van der Waals surface area contributed by atoms with Gasteiger partial charge in [0.1, 0.15) is 18.1 Å². The van der Waals surface area contributed by atoms with Gasteiger partial charge in [-0.3, -0.25) is 9.78 Å². The Hall–Kier alpha value is -2.86. The third kappa shape index (κ3) is 6.09. The van der Waals surface area contributed by atoms with Crippen molar-refractivity contribution >= 4 is 21.8 Å². The molecule has 0 aliphatic rings. The summed E-state index contributed by atoms with van der Waals surface area (Å²) < 4.78 is 12.3. The Bertz CT molecular complexity index is 901. The van der Waals surface area contributed by atoms with Crippen molar-refractivity contribution in [2.45, 2.75) is 19.6 Å². The van der Waals surface area contributed by atoms with Gasteiger partial charge in [-0.15, -0.1) is 0 Å². The fourth-order valence-corrected chi connectivity index (χ4v) is 2.82. The first-order valence-electron chi connectivity index (χ1n) is 8.90. The molecular formula is C22H21BrN2O3. The van der Waals surface area contributed by atoms with Crippen LogP contribution in [0.5, 0.6) is 11.5 Å². The normalized spacial score (nSPS) is 11.5. The van der Waals surface area contributed by atoms with Crippen LogP contribution in [0, 0.1) is 0 Å². The van der Waals surface area contributed by atoms with Gasteiger partial charge in [0.05, 0.1) is 11.7 Å². The van der Waals surface area contributed by atoms with Crippen LogP contribution >= 0.6 is 15.9 Å². The van der Waals surface area contributed by atoms with Crippen LogP contribution in [0.3, 0.4) is 0 Å². The average molecular weight is 441 g/mol. The maximum Gasteiger partial charge on any atom is 0.258 e. The molecule has 0 aliphatic carbocycles. The molecule has 1 heterocycles. The summed E-state index contributed by atoms with van der Waals surface area (Å²) in [6.07, 6.45) is 1.74. The van der Waals surface area contributed by atoms with Crippen LogP contribution in [0.4, 0.5) is 0 Å². The second kappa shape index (κ2) is 9.90. The third-order valence-corrected chi connectivity index (χ3v) is 4.56. The lowest BCUT2D eigenvalue weighted by Crippen LogP contribution is -2.31. The molecule has 1 N–H and O–H groups in total. The number of halogens is 1. The molecule has 0 radical (unpaired) electrons. The lowest BCUT2D eigenvalue weighted by atomic mass is 10.1. The lowest BCUT2D eigenvalue weighted by Gasteiger charge is -2.16. The van der Waals surface area contributed by atoms with Crippen molar-refractivity contribution in [3.05, 3.63) is 88.7 Å². The van der Waals surface area contributed by atoms with E-state index in [-0.39, 0.29) is 18.6 Å². The van der Waals surface area contributed by atoms with Crippen molar-refractivity contribution in [2.24, 2.45) is 0 Å². The highest BCUT2D eigenvalue weighted by molar-refractivity contribution is 9.10. The minimum absolute atomic E-state index is 0.0398. The van der Waals surface area contributed by atoms with Gasteiger partial charge in [0, 0.05) is 10.7 Å². The molecule has 0 bridgehead atoms. The van der Waals surface area contributed by atoms with Gasteiger partial charge in [-0.25, -0.2) is 0 Å². The van der Waals surface area contributed by atoms with Crippen LogP contribution in [-0.4, -0.2) is 17.5 Å². The predicted molar refractivity (Wildman–Crippen MR) is 111 cm³/mol. The average Bonchev–Trinajstić information content (AvgIpc) is 2.73. The molecule has 0 spiro atoms. The number of ether oxygens (including phenoxy) is 2. The molecule has 0 saturated heterocycles. The molecule has 1 unspecified atom stereocenters. The number of hydrogen-bond acceptors (Lipinski definition) is 4. The second-order valence-electron chi connectivity index (χ2n) is 6.21. The van der Waals surface area contributed by atoms with Gasteiger partial charge in [0.2, 0.25) is 0 Å². The molecule has 5 nitrogen and oxygen atoms in total. The van der Waals surface area contributed by atoms with Crippen LogP contribution in [0.2, 0.25) is 0 Å². The molecule has 6 heteroatoms. The molecule has 1 atom stereocenters. The first-order valence-corrected chi connectivity index (χ1v) is 9.70. The number of carbonyl (C=O) groups excluding carboxylic acids is 1. The van der Waals surface area contributed by atoms with E-state index in [0.717, 1.165) is 21.5 Å². The van der Waals surface area contributed by atoms with E-state index in [1.807, 2.05) is 73.7 Å². The summed E-state index contributed by atoms with van der Waals surface area (Å²) in [5.41, 5.74) is 1.81. The Kier molecular flexibility index (Phi) is 7.03. The van der Waals surface area contributed by atoms with E-state index in [1.54, 1.807) is 6.20 Å². The first-order chi connectivity index (χ1) is 13.6. The van der Waals surface area contributed by atoms with Crippen LogP contribution in [0.25, 0.3) is 0 Å². The molecule has 28 heavy (non-hydrogen) atoms. The quantitative estimate of drug-likeness (QED) is 0.552. The number of nitrogens with zero attached hydrogens (tertiary/aromatic N) is 1. The molecule has 3 rings (SSSR count). The van der Waals surface area contributed by atoms with Gasteiger partial charge >= 0.3 is 0 Å². The zero-order valence-corrected chi connectivity index (χ0v) is 17.1. The molecule has 2 aromatic carbocycles. The fraction of sp³-hybridized carbons (Fsp3) is 0.182. The lowest BCUT2D eigenvalue weighted by molar-refractivity contribution is -0.123. The minimum Gasteiger partial charge on any atom is -0.487 e. The minimum atomic E-state index is -0.185. The summed E-state index contributed by atoms with van der Waals surface area (Å²) in [5.74, 6) is 1.20. The summed E-state index contributed by atoms with van der Waals surface area (Å²) >= 11 is 3.37. The predicted octanol–water partition coefficient (Wildman–Crippen LogP) is 4.68. The molecule has 1 aromatic heterocycles. The zero-order valence-electron chi connectivity index (χ0n) is 15.5. The van der Waals surface area contributed by atoms with Gasteiger partial charge in [-0.05, 0) is 61.0 Å². The van der Waals surface area contributed by atoms with Crippen LogP contribution in [-0.2, 0) is 11.4 Å². The van der Waals surface area contributed by atoms with E-state index in [1.165, 1.54) is 0 Å². The molecule has 1 amide bonds. The Morgan fingerprint density at radius 1 is 1.04 bits per heavy atom. The summed E-state index contributed by atoms with van der Waals surface area (Å²) in [6, 6.07) is 20.6. The summed E-state index contributed by atoms with van der Waals surface area (Å²) in [5, 5.41) is 2.94. The van der Waals surface area contributed by atoms with Gasteiger partial charge in [0.25, 0.3) is 5.91 Å². The monoisotopic (exact) mass is 440 g/mol. The summed E-state index contributed by atoms with van der Waals surface area (Å²) in [6.45, 7) is 2.28. The van der Waals surface area contributed by atoms with Crippen molar-refractivity contribution in [3.8, 4) is 11.5 Å². The summed E-state index contributed by atoms with van der Waals surface area (Å²) in [7, 11) is 0.